The summed E-state index contributed by atoms with van der Waals surface area (Å²) in [5.41, 5.74) is 2.26. The van der Waals surface area contributed by atoms with Crippen LogP contribution in [0.5, 0.6) is 5.75 Å². The molecule has 0 atom stereocenters. The van der Waals surface area contributed by atoms with E-state index in [-0.39, 0.29) is 5.91 Å². The molecule has 0 radical (unpaired) electrons. The number of carbonyl (C=O) groups excluding carboxylic acids is 1. The monoisotopic (exact) mass is 368 g/mol. The summed E-state index contributed by atoms with van der Waals surface area (Å²) >= 11 is 0. The van der Waals surface area contributed by atoms with Crippen molar-refractivity contribution in [2.45, 2.75) is 33.1 Å². The number of benzene rings is 2. The van der Waals surface area contributed by atoms with Crippen LogP contribution in [0.1, 0.15) is 32.3 Å². The lowest BCUT2D eigenvalue weighted by atomic mass is 10.1. The van der Waals surface area contributed by atoms with Crippen LogP contribution in [0.2, 0.25) is 0 Å². The zero-order chi connectivity index (χ0) is 19.5. The van der Waals surface area contributed by atoms with Gasteiger partial charge in [0.15, 0.2) is 0 Å². The number of hydrogen-bond acceptors (Lipinski definition) is 3. The highest BCUT2D eigenvalue weighted by Gasteiger charge is 2.15. The van der Waals surface area contributed by atoms with Gasteiger partial charge in [-0.05, 0) is 49.2 Å². The summed E-state index contributed by atoms with van der Waals surface area (Å²) < 4.78 is 5.32. The number of anilines is 1. The van der Waals surface area contributed by atoms with Gasteiger partial charge in [-0.15, -0.1) is 0 Å². The molecule has 0 unspecified atom stereocenters. The molecular formula is C23H32N2O2. The second-order valence-electron chi connectivity index (χ2n) is 6.68. The molecule has 0 aliphatic carbocycles. The van der Waals surface area contributed by atoms with Gasteiger partial charge < -0.3 is 14.5 Å². The largest absolute Gasteiger partial charge is 0.497 e. The Morgan fingerprint density at radius 2 is 1.70 bits per heavy atom. The van der Waals surface area contributed by atoms with E-state index < -0.39 is 0 Å². The van der Waals surface area contributed by atoms with E-state index in [4.69, 9.17) is 4.74 Å². The topological polar surface area (TPSA) is 32.8 Å². The van der Waals surface area contributed by atoms with Crippen LogP contribution >= 0.6 is 0 Å². The number of ether oxygens (including phenoxy) is 1. The average Bonchev–Trinajstić information content (AvgIpc) is 2.72. The second-order valence-corrected chi connectivity index (χ2v) is 6.68. The summed E-state index contributed by atoms with van der Waals surface area (Å²) in [6.07, 6.45) is 2.60. The lowest BCUT2D eigenvalue weighted by molar-refractivity contribution is -0.118. The first-order valence-corrected chi connectivity index (χ1v) is 9.88. The van der Waals surface area contributed by atoms with Crippen LogP contribution in [-0.2, 0) is 11.2 Å². The third kappa shape index (κ3) is 6.72. The van der Waals surface area contributed by atoms with Gasteiger partial charge in [0.1, 0.15) is 5.75 Å². The van der Waals surface area contributed by atoms with E-state index in [0.717, 1.165) is 50.5 Å². The first-order valence-electron chi connectivity index (χ1n) is 9.88. The molecule has 2 rings (SSSR count). The number of methoxy groups -OCH3 is 1. The highest BCUT2D eigenvalue weighted by molar-refractivity contribution is 5.93. The van der Waals surface area contributed by atoms with E-state index in [2.05, 4.69) is 24.0 Å². The van der Waals surface area contributed by atoms with E-state index >= 15 is 0 Å². The Morgan fingerprint density at radius 1 is 0.926 bits per heavy atom. The number of nitrogens with zero attached hydrogens (tertiary/aromatic N) is 2. The molecule has 0 bridgehead atoms. The van der Waals surface area contributed by atoms with Gasteiger partial charge in [0.2, 0.25) is 5.91 Å². The Labute approximate surface area is 163 Å². The van der Waals surface area contributed by atoms with Crippen molar-refractivity contribution < 1.29 is 9.53 Å². The SMILES string of the molecule is CCCN(CCc1cccc(OC)c1)CCN(C(=O)CC)c1ccccc1. The second kappa shape index (κ2) is 11.4. The van der Waals surface area contributed by atoms with Crippen molar-refractivity contribution in [3.63, 3.8) is 0 Å². The highest BCUT2D eigenvalue weighted by Crippen LogP contribution is 2.16. The van der Waals surface area contributed by atoms with E-state index in [1.54, 1.807) is 7.11 Å². The lowest BCUT2D eigenvalue weighted by Crippen LogP contribution is -2.39. The molecular weight excluding hydrogens is 336 g/mol. The molecule has 0 N–H and O–H groups in total. The van der Waals surface area contributed by atoms with Crippen molar-refractivity contribution in [3.8, 4) is 5.75 Å². The minimum Gasteiger partial charge on any atom is -0.497 e. The van der Waals surface area contributed by atoms with Crippen molar-refractivity contribution in [2.75, 3.05) is 38.2 Å². The van der Waals surface area contributed by atoms with Gasteiger partial charge in [0, 0.05) is 31.7 Å². The van der Waals surface area contributed by atoms with Crippen molar-refractivity contribution >= 4 is 11.6 Å². The molecule has 0 aliphatic heterocycles. The summed E-state index contributed by atoms with van der Waals surface area (Å²) in [5.74, 6) is 1.07. The van der Waals surface area contributed by atoms with E-state index in [1.165, 1.54) is 5.56 Å². The van der Waals surface area contributed by atoms with Crippen molar-refractivity contribution in [3.05, 3.63) is 60.2 Å². The first-order chi connectivity index (χ1) is 13.2. The molecule has 4 nitrogen and oxygen atoms in total. The summed E-state index contributed by atoms with van der Waals surface area (Å²) in [7, 11) is 1.70. The Hall–Kier alpha value is -2.33. The Bertz CT molecular complexity index is 688. The normalized spacial score (nSPS) is 10.8. The maximum Gasteiger partial charge on any atom is 0.226 e. The van der Waals surface area contributed by atoms with Crippen molar-refractivity contribution in [2.24, 2.45) is 0 Å². The smallest absolute Gasteiger partial charge is 0.226 e. The summed E-state index contributed by atoms with van der Waals surface area (Å²) in [5, 5.41) is 0. The zero-order valence-corrected chi connectivity index (χ0v) is 16.9. The molecule has 2 aromatic rings. The van der Waals surface area contributed by atoms with Crippen LogP contribution in [0.3, 0.4) is 0 Å². The first kappa shape index (κ1) is 21.0. The quantitative estimate of drug-likeness (QED) is 0.590. The molecule has 0 aromatic heterocycles. The van der Waals surface area contributed by atoms with E-state index in [1.807, 2.05) is 54.3 Å². The predicted molar refractivity (Wildman–Crippen MR) is 113 cm³/mol. The molecule has 0 spiro atoms. The zero-order valence-electron chi connectivity index (χ0n) is 16.9. The van der Waals surface area contributed by atoms with Crippen molar-refractivity contribution in [1.29, 1.82) is 0 Å². The van der Waals surface area contributed by atoms with Crippen LogP contribution in [0, 0.1) is 0 Å². The molecule has 0 aliphatic rings. The maximum atomic E-state index is 12.4. The number of carbonyl (C=O) groups is 1. The fourth-order valence-corrected chi connectivity index (χ4v) is 3.20. The van der Waals surface area contributed by atoms with Gasteiger partial charge in [-0.25, -0.2) is 0 Å². The van der Waals surface area contributed by atoms with E-state index in [0.29, 0.717) is 6.42 Å². The lowest BCUT2D eigenvalue weighted by Gasteiger charge is -2.28. The minimum absolute atomic E-state index is 0.172. The Kier molecular flexibility index (Phi) is 8.85. The standard InChI is InChI=1S/C23H32N2O2/c1-4-15-24(16-14-20-10-9-13-22(19-20)27-3)17-18-25(23(26)5-2)21-11-7-6-8-12-21/h6-13,19H,4-5,14-18H2,1-3H3. The average molecular weight is 369 g/mol. The minimum atomic E-state index is 0.172. The molecule has 4 heteroatoms. The number of rotatable bonds is 11. The Balaban J connectivity index is 1.97. The fourth-order valence-electron chi connectivity index (χ4n) is 3.20. The van der Waals surface area contributed by atoms with Crippen LogP contribution in [-0.4, -0.2) is 44.1 Å². The third-order valence-electron chi connectivity index (χ3n) is 4.70. The van der Waals surface area contributed by atoms with Gasteiger partial charge in [-0.2, -0.15) is 0 Å². The van der Waals surface area contributed by atoms with Gasteiger partial charge in [0.25, 0.3) is 0 Å². The molecule has 0 saturated heterocycles. The third-order valence-corrected chi connectivity index (χ3v) is 4.70. The predicted octanol–water partition coefficient (Wildman–Crippen LogP) is 4.39. The molecule has 0 fully saturated rings. The molecule has 146 valence electrons. The number of hydrogen-bond donors (Lipinski definition) is 0. The summed E-state index contributed by atoms with van der Waals surface area (Å²) in [4.78, 5) is 16.8. The van der Waals surface area contributed by atoms with Crippen LogP contribution in [0.25, 0.3) is 0 Å². The summed E-state index contributed by atoms with van der Waals surface area (Å²) in [6, 6.07) is 18.2. The van der Waals surface area contributed by atoms with Gasteiger partial charge in [-0.1, -0.05) is 44.2 Å². The number of para-hydroxylation sites is 1. The molecule has 0 heterocycles. The molecule has 27 heavy (non-hydrogen) atoms. The molecule has 0 saturated carbocycles. The van der Waals surface area contributed by atoms with Gasteiger partial charge in [-0.3, -0.25) is 4.79 Å². The van der Waals surface area contributed by atoms with Crippen LogP contribution < -0.4 is 9.64 Å². The van der Waals surface area contributed by atoms with Gasteiger partial charge in [0.05, 0.1) is 7.11 Å². The number of amides is 1. The Morgan fingerprint density at radius 3 is 2.37 bits per heavy atom. The summed E-state index contributed by atoms with van der Waals surface area (Å²) in [6.45, 7) is 7.72. The molecule has 1 amide bonds. The van der Waals surface area contributed by atoms with Gasteiger partial charge >= 0.3 is 0 Å². The van der Waals surface area contributed by atoms with Crippen LogP contribution in [0.15, 0.2) is 54.6 Å². The van der Waals surface area contributed by atoms with E-state index in [9.17, 15) is 4.79 Å². The van der Waals surface area contributed by atoms with Crippen molar-refractivity contribution in [1.82, 2.24) is 4.90 Å². The maximum absolute atomic E-state index is 12.4. The van der Waals surface area contributed by atoms with Crippen LogP contribution in [0.4, 0.5) is 5.69 Å². The molecule has 2 aromatic carbocycles. The highest BCUT2D eigenvalue weighted by atomic mass is 16.5. The fraction of sp³-hybridized carbons (Fsp3) is 0.435.